The van der Waals surface area contributed by atoms with Crippen LogP contribution >= 0.6 is 0 Å². The monoisotopic (exact) mass is 199 g/mol. The minimum atomic E-state index is -0.623. The minimum Gasteiger partial charge on any atom is -0.464 e. The van der Waals surface area contributed by atoms with Crippen LogP contribution in [0.3, 0.4) is 0 Å². The molecule has 0 aromatic carbocycles. The van der Waals surface area contributed by atoms with Gasteiger partial charge in [0, 0.05) is 19.1 Å². The van der Waals surface area contributed by atoms with E-state index in [-0.39, 0.29) is 6.61 Å². The molecule has 0 spiro atoms. The molecule has 1 aromatic rings. The van der Waals surface area contributed by atoms with Crippen LogP contribution in [0, 0.1) is 0 Å². The number of hydrogen-bond donors (Lipinski definition) is 2. The van der Waals surface area contributed by atoms with E-state index >= 15 is 0 Å². The fourth-order valence-electron chi connectivity index (χ4n) is 1.19. The number of ether oxygens (including phenoxy) is 1. The second kappa shape index (κ2) is 4.59. The van der Waals surface area contributed by atoms with E-state index in [2.05, 4.69) is 0 Å². The third-order valence-corrected chi connectivity index (χ3v) is 1.94. The van der Waals surface area contributed by atoms with Gasteiger partial charge in [0.2, 0.25) is 0 Å². The molecule has 3 N–H and O–H groups in total. The molecule has 0 saturated heterocycles. The van der Waals surface area contributed by atoms with Crippen molar-refractivity contribution < 1.29 is 14.3 Å². The largest absolute Gasteiger partial charge is 0.464 e. The highest BCUT2D eigenvalue weighted by Gasteiger charge is 2.19. The summed E-state index contributed by atoms with van der Waals surface area (Å²) >= 11 is 0. The van der Waals surface area contributed by atoms with Crippen LogP contribution in [0.4, 0.5) is 0 Å². The summed E-state index contributed by atoms with van der Waals surface area (Å²) in [7, 11) is 1.61. The fraction of sp³-hybridized carbons (Fsp3) is 0.600. The van der Waals surface area contributed by atoms with Crippen molar-refractivity contribution in [2.45, 2.75) is 25.5 Å². The molecule has 0 aliphatic carbocycles. The van der Waals surface area contributed by atoms with Crippen molar-refractivity contribution in [1.82, 2.24) is 0 Å². The molecule has 80 valence electrons. The predicted molar refractivity (Wildman–Crippen MR) is 52.8 cm³/mol. The molecule has 1 aromatic heterocycles. The highest BCUT2D eigenvalue weighted by atomic mass is 16.5. The zero-order chi connectivity index (χ0) is 10.6. The molecule has 0 fully saturated rings. The molecule has 0 amide bonds. The Hall–Kier alpha value is -0.840. The van der Waals surface area contributed by atoms with Gasteiger partial charge in [-0.1, -0.05) is 0 Å². The molecule has 4 nitrogen and oxygen atoms in total. The van der Waals surface area contributed by atoms with Crippen molar-refractivity contribution in [3.63, 3.8) is 0 Å². The Morgan fingerprint density at radius 1 is 1.50 bits per heavy atom. The number of aliphatic hydroxyl groups is 1. The van der Waals surface area contributed by atoms with E-state index in [1.165, 1.54) is 0 Å². The lowest BCUT2D eigenvalue weighted by atomic mass is 9.99. The van der Waals surface area contributed by atoms with E-state index in [0.717, 1.165) is 11.5 Å². The SMILES string of the molecule is COCc1ccc(CC(C)(N)CO)o1. The van der Waals surface area contributed by atoms with Gasteiger partial charge in [-0.2, -0.15) is 0 Å². The maximum Gasteiger partial charge on any atom is 0.129 e. The van der Waals surface area contributed by atoms with Crippen molar-refractivity contribution in [3.05, 3.63) is 23.7 Å². The Labute approximate surface area is 83.7 Å². The van der Waals surface area contributed by atoms with Gasteiger partial charge < -0.3 is 20.0 Å². The molecule has 0 radical (unpaired) electrons. The van der Waals surface area contributed by atoms with Crippen LogP contribution < -0.4 is 5.73 Å². The minimum absolute atomic E-state index is 0.0622. The summed E-state index contributed by atoms with van der Waals surface area (Å²) in [6.45, 7) is 2.18. The average molecular weight is 199 g/mol. The third kappa shape index (κ3) is 3.14. The van der Waals surface area contributed by atoms with E-state index in [0.29, 0.717) is 13.0 Å². The first-order chi connectivity index (χ1) is 6.57. The van der Waals surface area contributed by atoms with E-state index < -0.39 is 5.54 Å². The van der Waals surface area contributed by atoms with Gasteiger partial charge in [-0.25, -0.2) is 0 Å². The Morgan fingerprint density at radius 2 is 2.14 bits per heavy atom. The highest BCUT2D eigenvalue weighted by Crippen LogP contribution is 2.14. The van der Waals surface area contributed by atoms with E-state index in [9.17, 15) is 0 Å². The lowest BCUT2D eigenvalue weighted by molar-refractivity contribution is 0.159. The zero-order valence-electron chi connectivity index (χ0n) is 8.62. The molecule has 0 aliphatic rings. The van der Waals surface area contributed by atoms with Crippen molar-refractivity contribution >= 4 is 0 Å². The van der Waals surface area contributed by atoms with E-state index in [4.69, 9.17) is 20.0 Å². The van der Waals surface area contributed by atoms with Crippen molar-refractivity contribution in [3.8, 4) is 0 Å². The average Bonchev–Trinajstić information content (AvgIpc) is 2.53. The normalized spacial score (nSPS) is 15.4. The molecular formula is C10H17NO3. The van der Waals surface area contributed by atoms with Gasteiger partial charge in [-0.05, 0) is 19.1 Å². The third-order valence-electron chi connectivity index (χ3n) is 1.94. The quantitative estimate of drug-likeness (QED) is 0.731. The van der Waals surface area contributed by atoms with Gasteiger partial charge in [0.05, 0.1) is 6.61 Å². The summed E-state index contributed by atoms with van der Waals surface area (Å²) in [6, 6.07) is 3.71. The topological polar surface area (TPSA) is 68.6 Å². The molecule has 1 rings (SSSR count). The maximum atomic E-state index is 8.97. The first-order valence-corrected chi connectivity index (χ1v) is 4.53. The highest BCUT2D eigenvalue weighted by molar-refractivity contribution is 5.09. The first kappa shape index (κ1) is 11.2. The van der Waals surface area contributed by atoms with Crippen LogP contribution in [0.25, 0.3) is 0 Å². The smallest absolute Gasteiger partial charge is 0.129 e. The molecule has 1 unspecified atom stereocenters. The summed E-state index contributed by atoms with van der Waals surface area (Å²) in [5.74, 6) is 1.55. The number of furan rings is 1. The Morgan fingerprint density at radius 3 is 2.71 bits per heavy atom. The molecule has 0 saturated carbocycles. The lowest BCUT2D eigenvalue weighted by Gasteiger charge is -2.19. The van der Waals surface area contributed by atoms with E-state index in [1.54, 1.807) is 14.0 Å². The Kier molecular flexibility index (Phi) is 3.69. The Balaban J connectivity index is 2.59. The van der Waals surface area contributed by atoms with Crippen molar-refractivity contribution in [2.24, 2.45) is 5.73 Å². The maximum absolute atomic E-state index is 8.97. The van der Waals surface area contributed by atoms with Crippen LogP contribution in [-0.2, 0) is 17.8 Å². The number of nitrogens with two attached hydrogens (primary N) is 1. The number of hydrogen-bond acceptors (Lipinski definition) is 4. The van der Waals surface area contributed by atoms with Gasteiger partial charge >= 0.3 is 0 Å². The van der Waals surface area contributed by atoms with Crippen molar-refractivity contribution in [2.75, 3.05) is 13.7 Å². The molecular weight excluding hydrogens is 182 g/mol. The van der Waals surface area contributed by atoms with Crippen LogP contribution in [0.1, 0.15) is 18.4 Å². The van der Waals surface area contributed by atoms with Crippen LogP contribution in [-0.4, -0.2) is 24.4 Å². The second-order valence-corrected chi connectivity index (χ2v) is 3.79. The molecule has 0 bridgehead atoms. The van der Waals surface area contributed by atoms with Gasteiger partial charge in [0.25, 0.3) is 0 Å². The summed E-state index contributed by atoms with van der Waals surface area (Å²) in [5, 5.41) is 8.97. The number of aliphatic hydroxyl groups excluding tert-OH is 1. The Bertz CT molecular complexity index is 281. The first-order valence-electron chi connectivity index (χ1n) is 4.53. The summed E-state index contributed by atoms with van der Waals surface area (Å²) in [5.41, 5.74) is 5.17. The van der Waals surface area contributed by atoms with Crippen LogP contribution in [0.2, 0.25) is 0 Å². The molecule has 0 aliphatic heterocycles. The fourth-order valence-corrected chi connectivity index (χ4v) is 1.19. The molecule has 4 heteroatoms. The zero-order valence-corrected chi connectivity index (χ0v) is 8.62. The number of rotatable bonds is 5. The molecule has 1 heterocycles. The van der Waals surface area contributed by atoms with Gasteiger partial charge in [-0.15, -0.1) is 0 Å². The second-order valence-electron chi connectivity index (χ2n) is 3.79. The number of methoxy groups -OCH3 is 1. The lowest BCUT2D eigenvalue weighted by Crippen LogP contribution is -2.42. The van der Waals surface area contributed by atoms with Crippen molar-refractivity contribution in [1.29, 1.82) is 0 Å². The van der Waals surface area contributed by atoms with Gasteiger partial charge in [-0.3, -0.25) is 0 Å². The van der Waals surface area contributed by atoms with Gasteiger partial charge in [0.1, 0.15) is 18.1 Å². The van der Waals surface area contributed by atoms with Crippen LogP contribution in [0.15, 0.2) is 16.5 Å². The van der Waals surface area contributed by atoms with Gasteiger partial charge in [0.15, 0.2) is 0 Å². The molecule has 14 heavy (non-hydrogen) atoms. The van der Waals surface area contributed by atoms with Crippen LogP contribution in [0.5, 0.6) is 0 Å². The standard InChI is InChI=1S/C10H17NO3/c1-10(11,7-12)5-8-3-4-9(14-8)6-13-2/h3-4,12H,5-7,11H2,1-2H3. The summed E-state index contributed by atoms with van der Waals surface area (Å²) in [4.78, 5) is 0. The summed E-state index contributed by atoms with van der Waals surface area (Å²) < 4.78 is 10.4. The molecule has 1 atom stereocenters. The van der Waals surface area contributed by atoms with E-state index in [1.807, 2.05) is 12.1 Å². The summed E-state index contributed by atoms with van der Waals surface area (Å²) in [6.07, 6.45) is 0.521. The predicted octanol–water partition coefficient (Wildman–Crippen LogP) is 0.678.